The highest BCUT2D eigenvalue weighted by Gasteiger charge is 2.13. The zero-order valence-corrected chi connectivity index (χ0v) is 12.8. The monoisotopic (exact) mass is 295 g/mol. The van der Waals surface area contributed by atoms with Crippen molar-refractivity contribution in [3.8, 4) is 6.07 Å². The molecule has 0 aliphatic heterocycles. The molecule has 110 valence electrons. The molecule has 0 bridgehead atoms. The van der Waals surface area contributed by atoms with E-state index >= 15 is 0 Å². The number of nitrogens with zero attached hydrogens (tertiary/aromatic N) is 1. The fourth-order valence-electron chi connectivity index (χ4n) is 1.72. The van der Waals surface area contributed by atoms with Crippen LogP contribution in [0.1, 0.15) is 32.3 Å². The Bertz CT molecular complexity index is 541. The summed E-state index contributed by atoms with van der Waals surface area (Å²) in [4.78, 5) is 0.238. The van der Waals surface area contributed by atoms with Crippen LogP contribution in [0, 0.1) is 17.2 Å². The topological polar surface area (TPSA) is 67.2 Å². The van der Waals surface area contributed by atoms with Crippen molar-refractivity contribution in [1.29, 1.82) is 5.26 Å². The quantitative estimate of drug-likeness (QED) is 0.692. The van der Waals surface area contributed by atoms with Gasteiger partial charge in [0.15, 0.2) is 9.84 Å². The fraction of sp³-hybridized carbons (Fsp3) is 0.533. The van der Waals surface area contributed by atoms with Crippen molar-refractivity contribution in [1.82, 2.24) is 0 Å². The Labute approximate surface area is 121 Å². The van der Waals surface area contributed by atoms with Crippen LogP contribution in [0.15, 0.2) is 29.2 Å². The van der Waals surface area contributed by atoms with Gasteiger partial charge < -0.3 is 4.74 Å². The fourth-order valence-corrected chi connectivity index (χ4v) is 2.84. The maximum Gasteiger partial charge on any atom is 0.180 e. The molecule has 0 N–H and O–H groups in total. The Balaban J connectivity index is 2.40. The summed E-state index contributed by atoms with van der Waals surface area (Å²) >= 11 is 0. The van der Waals surface area contributed by atoms with E-state index in [1.54, 1.807) is 0 Å². The van der Waals surface area contributed by atoms with Crippen molar-refractivity contribution in [2.24, 2.45) is 5.92 Å². The zero-order valence-electron chi connectivity index (χ0n) is 12.0. The third-order valence-electron chi connectivity index (χ3n) is 2.91. The summed E-state index contributed by atoms with van der Waals surface area (Å²) in [5, 5.41) is 8.67. The lowest BCUT2D eigenvalue weighted by Crippen LogP contribution is -2.13. The van der Waals surface area contributed by atoms with Crippen LogP contribution < -0.4 is 0 Å². The number of hydrogen-bond acceptors (Lipinski definition) is 4. The Morgan fingerprint density at radius 1 is 1.20 bits per heavy atom. The summed E-state index contributed by atoms with van der Waals surface area (Å²) in [6, 6.07) is 7.91. The molecule has 0 aromatic heterocycles. The van der Waals surface area contributed by atoms with E-state index in [0.717, 1.165) is 12.8 Å². The zero-order chi connectivity index (χ0) is 15.0. The second kappa shape index (κ2) is 8.03. The molecule has 0 radical (unpaired) electrons. The van der Waals surface area contributed by atoms with Gasteiger partial charge in [-0.15, -0.1) is 0 Å². The Hall–Kier alpha value is -1.38. The van der Waals surface area contributed by atoms with E-state index in [-0.39, 0.29) is 17.3 Å². The lowest BCUT2D eigenvalue weighted by Gasteiger charge is -2.07. The third kappa shape index (κ3) is 5.72. The molecule has 0 saturated carbocycles. The van der Waals surface area contributed by atoms with Gasteiger partial charge in [-0.1, -0.05) is 13.8 Å². The highest BCUT2D eigenvalue weighted by atomic mass is 32.2. The first-order valence-corrected chi connectivity index (χ1v) is 8.41. The predicted molar refractivity (Wildman–Crippen MR) is 78.1 cm³/mol. The lowest BCUT2D eigenvalue weighted by molar-refractivity contribution is 0.142. The van der Waals surface area contributed by atoms with E-state index in [0.29, 0.717) is 18.1 Å². The molecule has 0 heterocycles. The molecule has 1 aromatic carbocycles. The van der Waals surface area contributed by atoms with E-state index in [9.17, 15) is 8.42 Å². The van der Waals surface area contributed by atoms with E-state index in [1.807, 2.05) is 6.07 Å². The van der Waals surface area contributed by atoms with E-state index in [2.05, 4.69) is 13.8 Å². The molecular formula is C15H21NO3S. The molecule has 0 aliphatic rings. The molecule has 1 aromatic rings. The number of hydrogen-bond donors (Lipinski definition) is 0. The molecule has 4 nitrogen and oxygen atoms in total. The second-order valence-corrected chi connectivity index (χ2v) is 7.21. The van der Waals surface area contributed by atoms with Crippen LogP contribution in [0.4, 0.5) is 0 Å². The molecule has 0 amide bonds. The van der Waals surface area contributed by atoms with Crippen molar-refractivity contribution in [2.45, 2.75) is 31.6 Å². The van der Waals surface area contributed by atoms with Gasteiger partial charge in [-0.2, -0.15) is 5.26 Å². The molecule has 0 saturated heterocycles. The maximum atomic E-state index is 12.0. The van der Waals surface area contributed by atoms with Crippen molar-refractivity contribution >= 4 is 9.84 Å². The van der Waals surface area contributed by atoms with E-state index < -0.39 is 9.84 Å². The largest absolute Gasteiger partial charge is 0.380 e. The van der Waals surface area contributed by atoms with Crippen molar-refractivity contribution in [2.75, 3.05) is 19.0 Å². The van der Waals surface area contributed by atoms with Gasteiger partial charge in [0.1, 0.15) is 0 Å². The summed E-state index contributed by atoms with van der Waals surface area (Å²) in [6.45, 7) is 5.10. The molecule has 0 atom stereocenters. The molecule has 20 heavy (non-hydrogen) atoms. The first-order chi connectivity index (χ1) is 9.45. The number of ether oxygens (including phenoxy) is 1. The third-order valence-corrected chi connectivity index (χ3v) is 4.60. The summed E-state index contributed by atoms with van der Waals surface area (Å²) < 4.78 is 29.4. The van der Waals surface area contributed by atoms with E-state index in [4.69, 9.17) is 10.00 Å². The smallest absolute Gasteiger partial charge is 0.180 e. The molecular weight excluding hydrogens is 274 g/mol. The number of nitriles is 1. The number of rotatable bonds is 8. The lowest BCUT2D eigenvalue weighted by atomic mass is 10.1. The summed E-state index contributed by atoms with van der Waals surface area (Å²) in [6.07, 6.45) is 2.04. The number of benzene rings is 1. The Morgan fingerprint density at radius 3 is 2.40 bits per heavy atom. The van der Waals surface area contributed by atoms with Gasteiger partial charge >= 0.3 is 0 Å². The normalized spacial score (nSPS) is 11.5. The van der Waals surface area contributed by atoms with Crippen molar-refractivity contribution in [3.05, 3.63) is 29.8 Å². The van der Waals surface area contributed by atoms with Crippen LogP contribution in [0.3, 0.4) is 0 Å². The summed E-state index contributed by atoms with van der Waals surface area (Å²) in [5.41, 5.74) is 0.453. The predicted octanol–water partition coefficient (Wildman–Crippen LogP) is 2.78. The van der Waals surface area contributed by atoms with Crippen LogP contribution in [0.2, 0.25) is 0 Å². The first kappa shape index (κ1) is 16.7. The molecule has 0 spiro atoms. The van der Waals surface area contributed by atoms with Gasteiger partial charge in [-0.25, -0.2) is 8.42 Å². The SMILES string of the molecule is CC(C)CCCOCCS(=O)(=O)c1ccc(C#N)cc1. The highest BCUT2D eigenvalue weighted by Crippen LogP contribution is 2.12. The minimum atomic E-state index is -3.32. The average Bonchev–Trinajstić information content (AvgIpc) is 2.42. The van der Waals surface area contributed by atoms with Crippen molar-refractivity contribution < 1.29 is 13.2 Å². The van der Waals surface area contributed by atoms with E-state index in [1.165, 1.54) is 24.3 Å². The minimum absolute atomic E-state index is 0.0272. The van der Waals surface area contributed by atoms with Crippen LogP contribution in [0.5, 0.6) is 0 Å². The summed E-state index contributed by atoms with van der Waals surface area (Å²) in [5.74, 6) is 0.613. The summed E-state index contributed by atoms with van der Waals surface area (Å²) in [7, 11) is -3.32. The highest BCUT2D eigenvalue weighted by molar-refractivity contribution is 7.91. The number of sulfone groups is 1. The van der Waals surface area contributed by atoms with Gasteiger partial charge in [-0.3, -0.25) is 0 Å². The minimum Gasteiger partial charge on any atom is -0.380 e. The molecule has 0 unspecified atom stereocenters. The Kier molecular flexibility index (Phi) is 6.69. The van der Waals surface area contributed by atoms with Crippen LogP contribution in [-0.2, 0) is 14.6 Å². The van der Waals surface area contributed by atoms with Gasteiger partial charge in [0.25, 0.3) is 0 Å². The van der Waals surface area contributed by atoms with Crippen LogP contribution in [0.25, 0.3) is 0 Å². The molecule has 0 aliphatic carbocycles. The van der Waals surface area contributed by atoms with Crippen molar-refractivity contribution in [3.63, 3.8) is 0 Å². The van der Waals surface area contributed by atoms with Crippen LogP contribution >= 0.6 is 0 Å². The molecule has 5 heteroatoms. The van der Waals surface area contributed by atoms with Crippen LogP contribution in [-0.4, -0.2) is 27.4 Å². The van der Waals surface area contributed by atoms with Gasteiger partial charge in [-0.05, 0) is 43.0 Å². The van der Waals surface area contributed by atoms with Gasteiger partial charge in [0, 0.05) is 6.61 Å². The maximum absolute atomic E-state index is 12.0. The molecule has 1 rings (SSSR count). The molecule has 0 fully saturated rings. The second-order valence-electron chi connectivity index (χ2n) is 5.10. The first-order valence-electron chi connectivity index (χ1n) is 6.76. The van der Waals surface area contributed by atoms with Gasteiger partial charge in [0.2, 0.25) is 0 Å². The Morgan fingerprint density at radius 2 is 1.85 bits per heavy atom. The average molecular weight is 295 g/mol. The van der Waals surface area contributed by atoms with Gasteiger partial charge in [0.05, 0.1) is 28.9 Å². The standard InChI is InChI=1S/C15H21NO3S/c1-13(2)4-3-9-19-10-11-20(17,18)15-7-5-14(12-16)6-8-15/h5-8,13H,3-4,9-11H2,1-2H3.